The van der Waals surface area contributed by atoms with Crippen LogP contribution in [0.2, 0.25) is 0 Å². The summed E-state index contributed by atoms with van der Waals surface area (Å²) in [6.07, 6.45) is 1.90. The Kier molecular flexibility index (Phi) is 2.27. The zero-order valence-electron chi connectivity index (χ0n) is 8.95. The fraction of sp³-hybridized carbons (Fsp3) is 0.700. The van der Waals surface area contributed by atoms with Crippen molar-refractivity contribution in [2.75, 3.05) is 18.0 Å². The van der Waals surface area contributed by atoms with Crippen molar-refractivity contribution in [2.45, 2.75) is 26.8 Å². The number of rotatable bonds is 2. The van der Waals surface area contributed by atoms with Gasteiger partial charge >= 0.3 is 0 Å². The van der Waals surface area contributed by atoms with E-state index in [0.29, 0.717) is 5.41 Å². The van der Waals surface area contributed by atoms with Crippen molar-refractivity contribution in [1.29, 1.82) is 0 Å². The summed E-state index contributed by atoms with van der Waals surface area (Å²) in [6.45, 7) is 8.78. The standard InChI is InChI=1S/C10H17N3S/c1-7(11)8-4-12-9(14-8)13-5-10(2,3)6-13/h4,7H,5-6,11H2,1-3H3. The summed E-state index contributed by atoms with van der Waals surface area (Å²) in [4.78, 5) is 7.88. The van der Waals surface area contributed by atoms with E-state index in [-0.39, 0.29) is 6.04 Å². The molecule has 0 aliphatic carbocycles. The Balaban J connectivity index is 2.05. The molecule has 2 N–H and O–H groups in total. The van der Waals surface area contributed by atoms with Crippen LogP contribution in [-0.2, 0) is 0 Å². The van der Waals surface area contributed by atoms with Crippen LogP contribution in [-0.4, -0.2) is 18.1 Å². The van der Waals surface area contributed by atoms with Gasteiger partial charge in [0.25, 0.3) is 0 Å². The lowest BCUT2D eigenvalue weighted by Gasteiger charge is -2.45. The van der Waals surface area contributed by atoms with Crippen LogP contribution >= 0.6 is 11.3 Å². The number of anilines is 1. The van der Waals surface area contributed by atoms with E-state index in [9.17, 15) is 0 Å². The van der Waals surface area contributed by atoms with Crippen LogP contribution in [0.1, 0.15) is 31.7 Å². The zero-order valence-corrected chi connectivity index (χ0v) is 9.77. The zero-order chi connectivity index (χ0) is 10.3. The summed E-state index contributed by atoms with van der Waals surface area (Å²) >= 11 is 1.72. The maximum atomic E-state index is 5.79. The topological polar surface area (TPSA) is 42.1 Å². The lowest BCUT2D eigenvalue weighted by molar-refractivity contribution is 0.276. The van der Waals surface area contributed by atoms with Gasteiger partial charge < -0.3 is 10.6 Å². The SMILES string of the molecule is CC(N)c1cnc(N2CC(C)(C)C2)s1. The molecule has 3 nitrogen and oxygen atoms in total. The molecule has 2 rings (SSSR count). The van der Waals surface area contributed by atoms with Gasteiger partial charge in [0.1, 0.15) is 0 Å². The van der Waals surface area contributed by atoms with E-state index < -0.39 is 0 Å². The molecule has 0 spiro atoms. The first-order chi connectivity index (χ1) is 6.48. The molecular weight excluding hydrogens is 194 g/mol. The highest BCUT2D eigenvalue weighted by molar-refractivity contribution is 7.15. The summed E-state index contributed by atoms with van der Waals surface area (Å²) in [6, 6.07) is 0.107. The molecule has 1 aromatic rings. The predicted molar refractivity (Wildman–Crippen MR) is 60.7 cm³/mol. The van der Waals surface area contributed by atoms with E-state index >= 15 is 0 Å². The number of hydrogen-bond acceptors (Lipinski definition) is 4. The van der Waals surface area contributed by atoms with Gasteiger partial charge in [0.2, 0.25) is 0 Å². The lowest BCUT2D eigenvalue weighted by atomic mass is 9.85. The largest absolute Gasteiger partial charge is 0.347 e. The average molecular weight is 211 g/mol. The lowest BCUT2D eigenvalue weighted by Crippen LogP contribution is -2.53. The van der Waals surface area contributed by atoms with Gasteiger partial charge in [0, 0.05) is 30.2 Å². The molecule has 0 saturated carbocycles. The van der Waals surface area contributed by atoms with E-state index in [1.807, 2.05) is 13.1 Å². The van der Waals surface area contributed by atoms with Crippen LogP contribution in [0.4, 0.5) is 5.13 Å². The molecule has 1 aromatic heterocycles. The van der Waals surface area contributed by atoms with Gasteiger partial charge in [-0.2, -0.15) is 0 Å². The molecule has 14 heavy (non-hydrogen) atoms. The van der Waals surface area contributed by atoms with Gasteiger partial charge in [0.15, 0.2) is 5.13 Å². The van der Waals surface area contributed by atoms with Gasteiger partial charge in [0.05, 0.1) is 0 Å². The van der Waals surface area contributed by atoms with Crippen molar-refractivity contribution in [3.05, 3.63) is 11.1 Å². The maximum Gasteiger partial charge on any atom is 0.185 e. The van der Waals surface area contributed by atoms with Crippen LogP contribution in [0.25, 0.3) is 0 Å². The number of nitrogens with zero attached hydrogens (tertiary/aromatic N) is 2. The second-order valence-corrected chi connectivity index (χ2v) is 5.89. The third-order valence-corrected chi connectivity index (χ3v) is 3.73. The molecule has 0 aromatic carbocycles. The molecule has 4 heteroatoms. The summed E-state index contributed by atoms with van der Waals surface area (Å²) < 4.78 is 0. The third-order valence-electron chi connectivity index (χ3n) is 2.47. The highest BCUT2D eigenvalue weighted by Crippen LogP contribution is 2.36. The minimum absolute atomic E-state index is 0.107. The molecule has 0 amide bonds. The Morgan fingerprint density at radius 1 is 1.57 bits per heavy atom. The molecule has 78 valence electrons. The molecule has 1 fully saturated rings. The number of hydrogen-bond donors (Lipinski definition) is 1. The van der Waals surface area contributed by atoms with Gasteiger partial charge in [-0.3, -0.25) is 0 Å². The molecule has 1 unspecified atom stereocenters. The first-order valence-electron chi connectivity index (χ1n) is 4.94. The number of aromatic nitrogens is 1. The van der Waals surface area contributed by atoms with Gasteiger partial charge in [-0.05, 0) is 12.3 Å². The predicted octanol–water partition coefficient (Wildman–Crippen LogP) is 2.01. The minimum atomic E-state index is 0.107. The third kappa shape index (κ3) is 1.77. The molecule has 1 aliphatic rings. The van der Waals surface area contributed by atoms with Crippen molar-refractivity contribution >= 4 is 16.5 Å². The fourth-order valence-electron chi connectivity index (χ4n) is 1.76. The van der Waals surface area contributed by atoms with E-state index in [1.165, 1.54) is 4.88 Å². The summed E-state index contributed by atoms with van der Waals surface area (Å²) in [7, 11) is 0. The van der Waals surface area contributed by atoms with Crippen LogP contribution in [0, 0.1) is 5.41 Å². The molecule has 1 atom stereocenters. The minimum Gasteiger partial charge on any atom is -0.347 e. The van der Waals surface area contributed by atoms with Crippen molar-refractivity contribution in [3.63, 3.8) is 0 Å². The van der Waals surface area contributed by atoms with Gasteiger partial charge in [-0.1, -0.05) is 13.8 Å². The van der Waals surface area contributed by atoms with Crippen molar-refractivity contribution in [2.24, 2.45) is 11.1 Å². The van der Waals surface area contributed by atoms with E-state index in [1.54, 1.807) is 11.3 Å². The Hall–Kier alpha value is -0.610. The second-order valence-electron chi connectivity index (χ2n) is 4.85. The van der Waals surface area contributed by atoms with Crippen LogP contribution in [0.15, 0.2) is 6.20 Å². The summed E-state index contributed by atoms with van der Waals surface area (Å²) in [5.74, 6) is 0. The highest BCUT2D eigenvalue weighted by atomic mass is 32.1. The monoisotopic (exact) mass is 211 g/mol. The fourth-order valence-corrected chi connectivity index (χ4v) is 2.62. The van der Waals surface area contributed by atoms with Crippen molar-refractivity contribution in [1.82, 2.24) is 4.98 Å². The molecule has 2 heterocycles. The molecule has 0 bridgehead atoms. The van der Waals surface area contributed by atoms with Crippen LogP contribution in [0.5, 0.6) is 0 Å². The van der Waals surface area contributed by atoms with E-state index in [2.05, 4.69) is 23.7 Å². The van der Waals surface area contributed by atoms with Crippen LogP contribution in [0.3, 0.4) is 0 Å². The number of thiazole rings is 1. The van der Waals surface area contributed by atoms with Crippen LogP contribution < -0.4 is 10.6 Å². The second kappa shape index (κ2) is 3.21. The van der Waals surface area contributed by atoms with E-state index in [4.69, 9.17) is 5.73 Å². The maximum absolute atomic E-state index is 5.79. The summed E-state index contributed by atoms with van der Waals surface area (Å²) in [5, 5.41) is 1.12. The molecular formula is C10H17N3S. The normalized spacial score (nSPS) is 21.9. The smallest absolute Gasteiger partial charge is 0.185 e. The van der Waals surface area contributed by atoms with Crippen molar-refractivity contribution < 1.29 is 0 Å². The summed E-state index contributed by atoms with van der Waals surface area (Å²) in [5.41, 5.74) is 6.25. The molecule has 1 saturated heterocycles. The molecule has 1 aliphatic heterocycles. The Bertz CT molecular complexity index is 322. The van der Waals surface area contributed by atoms with E-state index in [0.717, 1.165) is 18.2 Å². The number of nitrogens with two attached hydrogens (primary N) is 1. The Labute approximate surface area is 88.9 Å². The quantitative estimate of drug-likeness (QED) is 0.813. The average Bonchev–Trinajstić information content (AvgIpc) is 2.47. The first-order valence-corrected chi connectivity index (χ1v) is 5.76. The van der Waals surface area contributed by atoms with Gasteiger partial charge in [-0.25, -0.2) is 4.98 Å². The highest BCUT2D eigenvalue weighted by Gasteiger charge is 2.35. The first kappa shape index (κ1) is 9.93. The Morgan fingerprint density at radius 2 is 2.21 bits per heavy atom. The van der Waals surface area contributed by atoms with Gasteiger partial charge in [-0.15, -0.1) is 11.3 Å². The van der Waals surface area contributed by atoms with Crippen molar-refractivity contribution in [3.8, 4) is 0 Å². The molecule has 0 radical (unpaired) electrons. The Morgan fingerprint density at radius 3 is 2.64 bits per heavy atom.